The summed E-state index contributed by atoms with van der Waals surface area (Å²) in [5, 5.41) is 20.9. The number of amides is 2. The van der Waals surface area contributed by atoms with Crippen LogP contribution >= 0.6 is 11.6 Å². The van der Waals surface area contributed by atoms with Gasteiger partial charge in [-0.1, -0.05) is 41.4 Å². The van der Waals surface area contributed by atoms with Crippen LogP contribution in [-0.2, 0) is 6.54 Å². The van der Waals surface area contributed by atoms with Crippen LogP contribution in [0.15, 0.2) is 66.9 Å². The van der Waals surface area contributed by atoms with Gasteiger partial charge in [0.15, 0.2) is 0 Å². The molecule has 2 heterocycles. The van der Waals surface area contributed by atoms with E-state index in [9.17, 15) is 14.7 Å². The lowest BCUT2D eigenvalue weighted by Gasteiger charge is -2.09. The maximum absolute atomic E-state index is 13.0. The van der Waals surface area contributed by atoms with Gasteiger partial charge in [-0.15, -0.1) is 0 Å². The van der Waals surface area contributed by atoms with Crippen LogP contribution in [-0.4, -0.2) is 31.8 Å². The zero-order valence-electron chi connectivity index (χ0n) is 19.5. The highest BCUT2D eigenvalue weighted by Gasteiger charge is 2.31. The number of halogens is 1. The van der Waals surface area contributed by atoms with E-state index in [2.05, 4.69) is 20.7 Å². The van der Waals surface area contributed by atoms with Gasteiger partial charge in [-0.25, -0.2) is 9.78 Å². The van der Waals surface area contributed by atoms with E-state index in [0.717, 1.165) is 29.7 Å². The molecule has 1 saturated carbocycles. The maximum Gasteiger partial charge on any atom is 0.342 e. The lowest BCUT2D eigenvalue weighted by Crippen LogP contribution is -2.30. The van der Waals surface area contributed by atoms with Gasteiger partial charge in [-0.05, 0) is 61.7 Å². The average Bonchev–Trinajstić information content (AvgIpc) is 3.62. The van der Waals surface area contributed by atoms with Crippen molar-refractivity contribution in [2.45, 2.75) is 32.2 Å². The molecule has 0 atom stereocenters. The molecule has 2 aromatic heterocycles. The normalized spacial score (nSPS) is 12.8. The highest BCUT2D eigenvalue weighted by atomic mass is 35.5. The number of carbonyl (C=O) groups excluding carboxylic acids is 2. The number of hydrogen-bond donors (Lipinski definition) is 3. The molecular formula is C27H24ClN5O3. The van der Waals surface area contributed by atoms with E-state index in [-0.39, 0.29) is 28.4 Å². The van der Waals surface area contributed by atoms with Crippen molar-refractivity contribution in [2.75, 3.05) is 5.32 Å². The van der Waals surface area contributed by atoms with Gasteiger partial charge in [-0.2, -0.15) is 9.78 Å². The molecule has 1 aliphatic rings. The number of aromatic hydroxyl groups is 1. The van der Waals surface area contributed by atoms with Gasteiger partial charge >= 0.3 is 6.03 Å². The first-order valence-corrected chi connectivity index (χ1v) is 12.0. The molecular weight excluding hydrogens is 478 g/mol. The minimum Gasteiger partial charge on any atom is -0.507 e. The standard InChI is InChI=1S/C27H24ClN5O3/c1-16-4-2-5-17(12-16)15-30-27(36)33-23(18-7-8-18)14-22(32-33)21-13-19(9-10-24(21)34)31-26(35)20-6-3-11-29-25(20)28/h2-6,9-14,18,34H,7-8,15H2,1H3,(H,30,36)(H,31,35). The van der Waals surface area contributed by atoms with Crippen molar-refractivity contribution >= 4 is 29.2 Å². The van der Waals surface area contributed by atoms with E-state index in [1.807, 2.05) is 37.3 Å². The summed E-state index contributed by atoms with van der Waals surface area (Å²) < 4.78 is 1.38. The van der Waals surface area contributed by atoms with Crippen molar-refractivity contribution in [3.8, 4) is 17.0 Å². The molecule has 36 heavy (non-hydrogen) atoms. The minimum absolute atomic E-state index is 0.0143. The Morgan fingerprint density at radius 1 is 1.11 bits per heavy atom. The zero-order valence-corrected chi connectivity index (χ0v) is 20.3. The third-order valence-electron chi connectivity index (χ3n) is 5.99. The van der Waals surface area contributed by atoms with Crippen molar-refractivity contribution in [3.63, 3.8) is 0 Å². The topological polar surface area (TPSA) is 109 Å². The Morgan fingerprint density at radius 2 is 1.94 bits per heavy atom. The Balaban J connectivity index is 1.39. The van der Waals surface area contributed by atoms with Crippen molar-refractivity contribution in [1.82, 2.24) is 20.1 Å². The van der Waals surface area contributed by atoms with Crippen molar-refractivity contribution in [3.05, 3.63) is 94.4 Å². The van der Waals surface area contributed by atoms with Gasteiger partial charge in [0.25, 0.3) is 5.91 Å². The molecule has 8 nitrogen and oxygen atoms in total. The molecule has 5 rings (SSSR count). The third-order valence-corrected chi connectivity index (χ3v) is 6.29. The Labute approximate surface area is 212 Å². The molecule has 0 aliphatic heterocycles. The summed E-state index contributed by atoms with van der Waals surface area (Å²) >= 11 is 6.03. The molecule has 0 radical (unpaired) electrons. The lowest BCUT2D eigenvalue weighted by atomic mass is 10.1. The van der Waals surface area contributed by atoms with Crippen LogP contribution in [0.4, 0.5) is 10.5 Å². The summed E-state index contributed by atoms with van der Waals surface area (Å²) in [5.74, 6) is -0.197. The summed E-state index contributed by atoms with van der Waals surface area (Å²) in [6.07, 6.45) is 3.46. The number of pyridine rings is 1. The van der Waals surface area contributed by atoms with Gasteiger partial charge < -0.3 is 15.7 Å². The van der Waals surface area contributed by atoms with E-state index in [1.54, 1.807) is 24.3 Å². The Hall–Kier alpha value is -4.17. The van der Waals surface area contributed by atoms with E-state index in [0.29, 0.717) is 23.5 Å². The van der Waals surface area contributed by atoms with Crippen molar-refractivity contribution < 1.29 is 14.7 Å². The fraction of sp³-hybridized carbons (Fsp3) is 0.185. The smallest absolute Gasteiger partial charge is 0.342 e. The number of anilines is 1. The number of nitrogens with zero attached hydrogens (tertiary/aromatic N) is 3. The largest absolute Gasteiger partial charge is 0.507 e. The first kappa shape index (κ1) is 23.6. The van der Waals surface area contributed by atoms with Gasteiger partial charge in [-0.3, -0.25) is 4.79 Å². The van der Waals surface area contributed by atoms with Crippen LogP contribution in [0.25, 0.3) is 11.3 Å². The molecule has 2 amide bonds. The molecule has 3 N–H and O–H groups in total. The number of aryl methyl sites for hydroxylation is 1. The third kappa shape index (κ3) is 5.08. The molecule has 1 fully saturated rings. The van der Waals surface area contributed by atoms with Crippen LogP contribution in [0, 0.1) is 6.92 Å². The highest BCUT2D eigenvalue weighted by molar-refractivity contribution is 6.33. The van der Waals surface area contributed by atoms with E-state index in [4.69, 9.17) is 11.6 Å². The summed E-state index contributed by atoms with van der Waals surface area (Å²) in [4.78, 5) is 29.6. The van der Waals surface area contributed by atoms with Crippen LogP contribution < -0.4 is 10.6 Å². The molecule has 182 valence electrons. The van der Waals surface area contributed by atoms with E-state index >= 15 is 0 Å². The molecule has 9 heteroatoms. The Kier molecular flexibility index (Phi) is 6.43. The van der Waals surface area contributed by atoms with Crippen LogP contribution in [0.2, 0.25) is 5.15 Å². The number of phenols is 1. The van der Waals surface area contributed by atoms with Gasteiger partial charge in [0.1, 0.15) is 10.9 Å². The highest BCUT2D eigenvalue weighted by Crippen LogP contribution is 2.42. The SMILES string of the molecule is Cc1cccc(CNC(=O)n2nc(-c3cc(NC(=O)c4cccnc4Cl)ccc3O)cc2C2CC2)c1. The molecule has 0 bridgehead atoms. The fourth-order valence-electron chi connectivity index (χ4n) is 4.01. The molecule has 0 spiro atoms. The second-order valence-corrected chi connectivity index (χ2v) is 9.17. The predicted molar refractivity (Wildman–Crippen MR) is 137 cm³/mol. The predicted octanol–water partition coefficient (Wildman–Crippen LogP) is 5.50. The molecule has 0 unspecified atom stereocenters. The minimum atomic E-state index is -0.426. The monoisotopic (exact) mass is 501 g/mol. The Bertz CT molecular complexity index is 1460. The quantitative estimate of drug-likeness (QED) is 0.239. The number of hydrogen-bond acceptors (Lipinski definition) is 5. The molecule has 1 aliphatic carbocycles. The number of rotatable bonds is 6. The molecule has 4 aromatic rings. The number of benzene rings is 2. The van der Waals surface area contributed by atoms with E-state index < -0.39 is 5.91 Å². The second kappa shape index (κ2) is 9.83. The zero-order chi connectivity index (χ0) is 25.2. The summed E-state index contributed by atoms with van der Waals surface area (Å²) in [5.41, 5.74) is 4.43. The number of nitrogens with one attached hydrogen (secondary N) is 2. The first-order valence-electron chi connectivity index (χ1n) is 11.6. The number of aromatic nitrogens is 3. The van der Waals surface area contributed by atoms with Gasteiger partial charge in [0, 0.05) is 29.9 Å². The van der Waals surface area contributed by atoms with Crippen LogP contribution in [0.1, 0.15) is 45.9 Å². The van der Waals surface area contributed by atoms with Crippen LogP contribution in [0.3, 0.4) is 0 Å². The maximum atomic E-state index is 13.0. The lowest BCUT2D eigenvalue weighted by molar-refractivity contribution is 0.102. The van der Waals surface area contributed by atoms with Gasteiger partial charge in [0.05, 0.1) is 17.0 Å². The first-order chi connectivity index (χ1) is 17.4. The van der Waals surface area contributed by atoms with E-state index in [1.165, 1.54) is 16.9 Å². The average molecular weight is 502 g/mol. The number of phenolic OH excluding ortho intramolecular Hbond substituents is 1. The summed E-state index contributed by atoms with van der Waals surface area (Å²) in [6, 6.07) is 17.3. The summed E-state index contributed by atoms with van der Waals surface area (Å²) in [6.45, 7) is 2.38. The van der Waals surface area contributed by atoms with Gasteiger partial charge in [0.2, 0.25) is 0 Å². The number of carbonyl (C=O) groups is 2. The molecule has 2 aromatic carbocycles. The van der Waals surface area contributed by atoms with Crippen molar-refractivity contribution in [2.24, 2.45) is 0 Å². The second-order valence-electron chi connectivity index (χ2n) is 8.82. The fourth-order valence-corrected chi connectivity index (χ4v) is 4.21. The Morgan fingerprint density at radius 3 is 2.69 bits per heavy atom. The molecule has 0 saturated heterocycles. The van der Waals surface area contributed by atoms with Crippen molar-refractivity contribution in [1.29, 1.82) is 0 Å². The summed E-state index contributed by atoms with van der Waals surface area (Å²) in [7, 11) is 0. The van der Waals surface area contributed by atoms with Crippen LogP contribution in [0.5, 0.6) is 5.75 Å².